The van der Waals surface area contributed by atoms with Crippen molar-refractivity contribution in [3.05, 3.63) is 35.7 Å². The molecule has 8 heteroatoms. The highest BCUT2D eigenvalue weighted by atomic mass is 32.2. The fourth-order valence-electron chi connectivity index (χ4n) is 2.88. The number of hydrogen-bond donors (Lipinski definition) is 1. The summed E-state index contributed by atoms with van der Waals surface area (Å²) in [5.41, 5.74) is 1.83. The van der Waals surface area contributed by atoms with Gasteiger partial charge in [0.25, 0.3) is 0 Å². The molecule has 2 aliphatic rings. The Morgan fingerprint density at radius 3 is 2.96 bits per heavy atom. The van der Waals surface area contributed by atoms with Gasteiger partial charge in [-0.2, -0.15) is 0 Å². The number of nitrogens with one attached hydrogen (secondary N) is 1. The molecule has 0 radical (unpaired) electrons. The van der Waals surface area contributed by atoms with Crippen molar-refractivity contribution in [3.8, 4) is 0 Å². The van der Waals surface area contributed by atoms with E-state index in [2.05, 4.69) is 5.32 Å². The number of thiocarbonyl (C=S) groups is 1. The second kappa shape index (κ2) is 7.61. The van der Waals surface area contributed by atoms with E-state index in [0.717, 1.165) is 5.57 Å². The predicted molar refractivity (Wildman–Crippen MR) is 101 cm³/mol. The Bertz CT molecular complexity index is 766. The number of carbonyl (C=O) groups is 1. The molecule has 5 nitrogen and oxygen atoms in total. The van der Waals surface area contributed by atoms with E-state index in [1.807, 2.05) is 6.08 Å². The number of halogens is 1. The normalized spacial score (nSPS) is 23.2. The lowest BCUT2D eigenvalue weighted by atomic mass is 10.0. The molecule has 0 saturated carbocycles. The van der Waals surface area contributed by atoms with Crippen LogP contribution < -0.4 is 10.2 Å². The maximum Gasteiger partial charge on any atom is 0.414 e. The zero-order valence-electron chi connectivity index (χ0n) is 13.8. The molecule has 1 unspecified atom stereocenters. The fraction of sp³-hybridized carbons (Fsp3) is 0.412. The average molecular weight is 382 g/mol. The SMILES string of the molecule is CC(=S)NC[C@H]1CN(c2ccc(C3=CCS(=O)CC3)c(F)c2)C(=O)O1. The molecule has 2 heterocycles. The Labute approximate surface area is 153 Å². The Balaban J connectivity index is 1.73. The second-order valence-corrected chi connectivity index (χ2v) is 8.24. The summed E-state index contributed by atoms with van der Waals surface area (Å²) < 4.78 is 31.2. The molecule has 1 saturated heterocycles. The molecular formula is C17H19FN2O3S2. The summed E-state index contributed by atoms with van der Waals surface area (Å²) in [5.74, 6) is 0.628. The molecule has 0 aromatic heterocycles. The zero-order chi connectivity index (χ0) is 18.0. The first kappa shape index (κ1) is 18.0. The van der Waals surface area contributed by atoms with Crippen molar-refractivity contribution in [2.75, 3.05) is 29.5 Å². The van der Waals surface area contributed by atoms with Crippen molar-refractivity contribution in [1.82, 2.24) is 5.32 Å². The maximum absolute atomic E-state index is 14.5. The van der Waals surface area contributed by atoms with Gasteiger partial charge in [0.2, 0.25) is 0 Å². The number of ether oxygens (including phenoxy) is 1. The van der Waals surface area contributed by atoms with Crippen LogP contribution in [0.5, 0.6) is 0 Å². The van der Waals surface area contributed by atoms with E-state index in [9.17, 15) is 13.4 Å². The molecule has 1 aromatic carbocycles. The van der Waals surface area contributed by atoms with Crippen LogP contribution in [0.2, 0.25) is 0 Å². The summed E-state index contributed by atoms with van der Waals surface area (Å²) in [6.07, 6.45) is 1.61. The van der Waals surface area contributed by atoms with Crippen LogP contribution in [0.3, 0.4) is 0 Å². The quantitative estimate of drug-likeness (QED) is 0.812. The monoisotopic (exact) mass is 382 g/mol. The summed E-state index contributed by atoms with van der Waals surface area (Å²) in [5, 5.41) is 2.97. The first-order chi connectivity index (χ1) is 11.9. The van der Waals surface area contributed by atoms with Gasteiger partial charge in [0.05, 0.1) is 23.8 Å². The Kier molecular flexibility index (Phi) is 5.48. The van der Waals surface area contributed by atoms with Crippen LogP contribution in [0, 0.1) is 5.82 Å². The summed E-state index contributed by atoms with van der Waals surface area (Å²) in [7, 11) is -0.845. The third-order valence-corrected chi connectivity index (χ3v) is 5.52. The Morgan fingerprint density at radius 1 is 1.52 bits per heavy atom. The third kappa shape index (κ3) is 4.24. The van der Waals surface area contributed by atoms with Gasteiger partial charge in [0.15, 0.2) is 0 Å². The number of nitrogens with zero attached hydrogens (tertiary/aromatic N) is 1. The highest BCUT2D eigenvalue weighted by Gasteiger charge is 2.32. The zero-order valence-corrected chi connectivity index (χ0v) is 15.4. The third-order valence-electron chi connectivity index (χ3n) is 4.18. The Hall–Kier alpha value is -1.80. The standard InChI is InChI=1S/C17H19FN2O3S2/c1-11(24)19-9-14-10-20(17(21)23-14)13-2-3-15(16(18)8-13)12-4-6-25(22)7-5-12/h2-4,8,14H,5-7,9-10H2,1H3,(H,19,24)/t14-,25?/m0/s1. The smallest absolute Gasteiger partial charge is 0.414 e. The van der Waals surface area contributed by atoms with Gasteiger partial charge in [-0.05, 0) is 37.1 Å². The maximum atomic E-state index is 14.5. The summed E-state index contributed by atoms with van der Waals surface area (Å²) in [6, 6.07) is 4.74. The van der Waals surface area contributed by atoms with E-state index in [0.29, 0.717) is 47.3 Å². The average Bonchev–Trinajstić information content (AvgIpc) is 2.95. The molecule has 1 N–H and O–H groups in total. The van der Waals surface area contributed by atoms with Gasteiger partial charge in [0.1, 0.15) is 11.9 Å². The van der Waals surface area contributed by atoms with Gasteiger partial charge in [-0.25, -0.2) is 9.18 Å². The predicted octanol–water partition coefficient (Wildman–Crippen LogP) is 2.62. The van der Waals surface area contributed by atoms with Crippen molar-refractivity contribution in [3.63, 3.8) is 0 Å². The molecule has 2 atom stereocenters. The van der Waals surface area contributed by atoms with Crippen molar-refractivity contribution >= 4 is 45.4 Å². The van der Waals surface area contributed by atoms with Crippen LogP contribution in [0.15, 0.2) is 24.3 Å². The van der Waals surface area contributed by atoms with Crippen LogP contribution >= 0.6 is 12.2 Å². The van der Waals surface area contributed by atoms with E-state index >= 15 is 0 Å². The molecule has 0 bridgehead atoms. The molecule has 2 aliphatic heterocycles. The van der Waals surface area contributed by atoms with Crippen molar-refractivity contribution in [2.24, 2.45) is 0 Å². The molecule has 134 valence electrons. The van der Waals surface area contributed by atoms with E-state index < -0.39 is 16.9 Å². The fourth-order valence-corrected chi connectivity index (χ4v) is 3.96. The van der Waals surface area contributed by atoms with E-state index in [1.54, 1.807) is 19.1 Å². The highest BCUT2D eigenvalue weighted by molar-refractivity contribution is 7.85. The lowest BCUT2D eigenvalue weighted by molar-refractivity contribution is 0.143. The van der Waals surface area contributed by atoms with Gasteiger partial charge in [0, 0.05) is 27.9 Å². The van der Waals surface area contributed by atoms with Gasteiger partial charge in [-0.3, -0.25) is 9.11 Å². The summed E-state index contributed by atoms with van der Waals surface area (Å²) in [6.45, 7) is 2.53. The number of amides is 1. The topological polar surface area (TPSA) is 58.6 Å². The number of anilines is 1. The number of allylic oxidation sites excluding steroid dienone is 1. The molecule has 1 aromatic rings. The highest BCUT2D eigenvalue weighted by Crippen LogP contribution is 2.29. The van der Waals surface area contributed by atoms with Gasteiger partial charge < -0.3 is 10.1 Å². The lowest BCUT2D eigenvalue weighted by Gasteiger charge is -2.17. The number of carbonyl (C=O) groups excluding carboxylic acids is 1. The van der Waals surface area contributed by atoms with Crippen LogP contribution in [-0.4, -0.2) is 46.0 Å². The molecular weight excluding hydrogens is 363 g/mol. The van der Waals surface area contributed by atoms with Gasteiger partial charge in [-0.15, -0.1) is 0 Å². The Morgan fingerprint density at radius 2 is 2.32 bits per heavy atom. The van der Waals surface area contributed by atoms with E-state index in [-0.39, 0.29) is 11.9 Å². The minimum atomic E-state index is -0.845. The first-order valence-corrected chi connectivity index (χ1v) is 9.90. The van der Waals surface area contributed by atoms with Crippen LogP contribution in [0.1, 0.15) is 18.9 Å². The van der Waals surface area contributed by atoms with Crippen LogP contribution in [0.4, 0.5) is 14.9 Å². The van der Waals surface area contributed by atoms with E-state index in [4.69, 9.17) is 17.0 Å². The molecule has 1 amide bonds. The molecule has 3 rings (SSSR count). The summed E-state index contributed by atoms with van der Waals surface area (Å²) >= 11 is 4.94. The molecule has 1 fully saturated rings. The molecule has 0 aliphatic carbocycles. The van der Waals surface area contributed by atoms with Gasteiger partial charge in [-0.1, -0.05) is 18.3 Å². The number of benzene rings is 1. The van der Waals surface area contributed by atoms with Crippen molar-refractivity contribution in [2.45, 2.75) is 19.4 Å². The molecule has 25 heavy (non-hydrogen) atoms. The number of cyclic esters (lactones) is 1. The van der Waals surface area contributed by atoms with E-state index in [1.165, 1.54) is 11.0 Å². The number of hydrogen-bond acceptors (Lipinski definition) is 4. The minimum Gasteiger partial charge on any atom is -0.442 e. The minimum absolute atomic E-state index is 0.329. The van der Waals surface area contributed by atoms with Crippen LogP contribution in [0.25, 0.3) is 5.57 Å². The number of rotatable bonds is 4. The van der Waals surface area contributed by atoms with Crippen molar-refractivity contribution in [1.29, 1.82) is 0 Å². The van der Waals surface area contributed by atoms with Gasteiger partial charge >= 0.3 is 6.09 Å². The molecule has 0 spiro atoms. The summed E-state index contributed by atoms with van der Waals surface area (Å²) in [4.78, 5) is 14.1. The first-order valence-electron chi connectivity index (χ1n) is 8.00. The second-order valence-electron chi connectivity index (χ2n) is 6.01. The lowest BCUT2D eigenvalue weighted by Crippen LogP contribution is -2.32. The largest absolute Gasteiger partial charge is 0.442 e. The van der Waals surface area contributed by atoms with Crippen molar-refractivity contribution < 1.29 is 18.1 Å². The van der Waals surface area contributed by atoms with Crippen LogP contribution in [-0.2, 0) is 15.5 Å².